The monoisotopic (exact) mass is 986 g/mol. The van der Waals surface area contributed by atoms with Crippen molar-refractivity contribution in [1.82, 2.24) is 5.32 Å². The highest BCUT2D eigenvalue weighted by molar-refractivity contribution is 5.76. The molecule has 0 saturated carbocycles. The summed E-state index contributed by atoms with van der Waals surface area (Å²) in [6.45, 7) is 4.92. The molecule has 0 aromatic carbocycles. The lowest BCUT2D eigenvalue weighted by molar-refractivity contribution is -0.143. The van der Waals surface area contributed by atoms with Gasteiger partial charge in [-0.1, -0.05) is 314 Å². The van der Waals surface area contributed by atoms with E-state index in [-0.39, 0.29) is 18.5 Å². The van der Waals surface area contributed by atoms with Crippen molar-refractivity contribution in [2.75, 3.05) is 13.2 Å². The molecule has 6 heteroatoms. The molecule has 70 heavy (non-hydrogen) atoms. The lowest BCUT2D eigenvalue weighted by Gasteiger charge is -2.22. The van der Waals surface area contributed by atoms with Crippen LogP contribution in [0.1, 0.15) is 348 Å². The van der Waals surface area contributed by atoms with Gasteiger partial charge in [0.25, 0.3) is 0 Å². The molecule has 0 spiro atoms. The summed E-state index contributed by atoms with van der Waals surface area (Å²) in [6, 6.07) is -0.586. The fraction of sp³-hybridized carbons (Fsp3) is 0.906. The van der Waals surface area contributed by atoms with Gasteiger partial charge in [0.15, 0.2) is 0 Å². The van der Waals surface area contributed by atoms with E-state index < -0.39 is 12.1 Å². The van der Waals surface area contributed by atoms with Gasteiger partial charge in [-0.2, -0.15) is 0 Å². The lowest BCUT2D eigenvalue weighted by atomic mass is 10.0. The summed E-state index contributed by atoms with van der Waals surface area (Å²) in [4.78, 5) is 24.6. The molecule has 0 aliphatic heterocycles. The number of ether oxygens (including phenoxy) is 1. The van der Waals surface area contributed by atoms with Crippen molar-refractivity contribution in [2.24, 2.45) is 0 Å². The third-order valence-electron chi connectivity index (χ3n) is 14.8. The minimum Gasteiger partial charge on any atom is -0.466 e. The molecule has 0 aromatic heterocycles. The summed E-state index contributed by atoms with van der Waals surface area (Å²) in [5.41, 5.74) is 0. The molecule has 0 aromatic rings. The summed E-state index contributed by atoms with van der Waals surface area (Å²) in [7, 11) is 0. The van der Waals surface area contributed by atoms with Crippen LogP contribution in [0.25, 0.3) is 0 Å². The fourth-order valence-electron chi connectivity index (χ4n) is 9.93. The first-order valence-electron chi connectivity index (χ1n) is 31.6. The summed E-state index contributed by atoms with van der Waals surface area (Å²) in [6.07, 6.45) is 73.4. The van der Waals surface area contributed by atoms with Crippen LogP contribution in [0.2, 0.25) is 0 Å². The molecule has 414 valence electrons. The standard InChI is InChI=1S/C64H123NO5/c1-3-5-7-9-11-13-15-17-19-21-22-23-24-25-26-28-29-32-36-40-44-48-52-56-62(67)61(60-66)65-63(68)57-53-49-45-41-37-33-31-35-39-43-47-51-55-59-70-64(69)58-54-50-46-42-38-34-30-27-20-18-16-14-12-10-8-6-4-2/h33,37,45,49,61-62,66-67H,3-32,34-36,38-44,46-48,50-60H2,1-2H3,(H,65,68)/b37-33-,49-45-. The largest absolute Gasteiger partial charge is 0.466 e. The first kappa shape index (κ1) is 68.3. The number of unbranched alkanes of at least 4 members (excludes halogenated alkanes) is 44. The summed E-state index contributed by atoms with van der Waals surface area (Å²) in [5.74, 6) is -0.124. The molecular formula is C64H123NO5. The summed E-state index contributed by atoms with van der Waals surface area (Å²) in [5, 5.41) is 23.3. The summed E-state index contributed by atoms with van der Waals surface area (Å²) >= 11 is 0. The Balaban J connectivity index is 3.50. The van der Waals surface area contributed by atoms with Crippen LogP contribution in [0.3, 0.4) is 0 Å². The second-order valence-corrected chi connectivity index (χ2v) is 21.7. The van der Waals surface area contributed by atoms with Gasteiger partial charge in [-0.05, 0) is 44.9 Å². The Morgan fingerprint density at radius 2 is 0.729 bits per heavy atom. The highest BCUT2D eigenvalue weighted by Crippen LogP contribution is 2.18. The Hall–Kier alpha value is -1.66. The number of esters is 1. The Bertz CT molecular complexity index is 1090. The van der Waals surface area contributed by atoms with Crippen LogP contribution in [0.4, 0.5) is 0 Å². The van der Waals surface area contributed by atoms with E-state index in [2.05, 4.69) is 43.5 Å². The molecule has 0 aliphatic carbocycles. The van der Waals surface area contributed by atoms with Gasteiger partial charge in [0.2, 0.25) is 5.91 Å². The number of hydrogen-bond donors (Lipinski definition) is 3. The number of carbonyl (C=O) groups is 2. The van der Waals surface area contributed by atoms with Crippen LogP contribution >= 0.6 is 0 Å². The topological polar surface area (TPSA) is 95.9 Å². The minimum atomic E-state index is -0.700. The van der Waals surface area contributed by atoms with E-state index >= 15 is 0 Å². The average Bonchev–Trinajstić information content (AvgIpc) is 3.36. The van der Waals surface area contributed by atoms with Crippen LogP contribution in [0.15, 0.2) is 24.3 Å². The van der Waals surface area contributed by atoms with E-state index in [0.29, 0.717) is 32.3 Å². The molecule has 2 unspecified atom stereocenters. The maximum atomic E-state index is 12.5. The number of aliphatic hydroxyl groups is 2. The fourth-order valence-corrected chi connectivity index (χ4v) is 9.93. The van der Waals surface area contributed by atoms with Gasteiger partial charge >= 0.3 is 5.97 Å². The third kappa shape index (κ3) is 55.7. The van der Waals surface area contributed by atoms with Crippen molar-refractivity contribution in [3.05, 3.63) is 24.3 Å². The van der Waals surface area contributed by atoms with Gasteiger partial charge in [-0.15, -0.1) is 0 Å². The van der Waals surface area contributed by atoms with Crippen molar-refractivity contribution >= 4 is 11.9 Å². The number of hydrogen-bond acceptors (Lipinski definition) is 5. The molecule has 0 heterocycles. The molecule has 0 aliphatic rings. The zero-order valence-electron chi connectivity index (χ0n) is 47.3. The maximum absolute atomic E-state index is 12.5. The molecule has 0 bridgehead atoms. The number of allylic oxidation sites excluding steroid dienone is 4. The van der Waals surface area contributed by atoms with Gasteiger partial charge in [0.05, 0.1) is 25.4 Å². The SMILES string of the molecule is CCCCCCCCCCCCCCCCCCCCCCCCCC(O)C(CO)NC(=O)CC/C=C\C/C=C\CCCCCCCCOC(=O)CCCCCCCCCCCCCCCCCCC. The Morgan fingerprint density at radius 1 is 0.400 bits per heavy atom. The first-order chi connectivity index (χ1) is 34.5. The summed E-state index contributed by atoms with van der Waals surface area (Å²) < 4.78 is 5.48. The lowest BCUT2D eigenvalue weighted by Crippen LogP contribution is -2.45. The van der Waals surface area contributed by atoms with Crippen LogP contribution in [0, 0.1) is 0 Å². The number of aliphatic hydroxyl groups excluding tert-OH is 2. The van der Waals surface area contributed by atoms with Crippen molar-refractivity contribution in [3.8, 4) is 0 Å². The Kier molecular flexibility index (Phi) is 58.5. The van der Waals surface area contributed by atoms with E-state index in [0.717, 1.165) is 51.4 Å². The predicted molar refractivity (Wildman–Crippen MR) is 306 cm³/mol. The predicted octanol–water partition coefficient (Wildman–Crippen LogP) is 19.8. The van der Waals surface area contributed by atoms with Gasteiger partial charge in [0.1, 0.15) is 0 Å². The Morgan fingerprint density at radius 3 is 1.11 bits per heavy atom. The normalized spacial score (nSPS) is 12.7. The van der Waals surface area contributed by atoms with Crippen molar-refractivity contribution in [3.63, 3.8) is 0 Å². The average molecular weight is 987 g/mol. The minimum absolute atomic E-state index is 0.0121. The quantitative estimate of drug-likeness (QED) is 0.0321. The molecule has 3 N–H and O–H groups in total. The van der Waals surface area contributed by atoms with Gasteiger partial charge in [-0.3, -0.25) is 9.59 Å². The molecule has 0 radical (unpaired) electrons. The maximum Gasteiger partial charge on any atom is 0.305 e. The van der Waals surface area contributed by atoms with Crippen molar-refractivity contribution < 1.29 is 24.5 Å². The number of amides is 1. The third-order valence-corrected chi connectivity index (χ3v) is 14.8. The van der Waals surface area contributed by atoms with E-state index in [1.807, 2.05) is 0 Å². The van der Waals surface area contributed by atoms with E-state index in [1.54, 1.807) is 0 Å². The highest BCUT2D eigenvalue weighted by Gasteiger charge is 2.20. The molecule has 0 fully saturated rings. The molecule has 0 rings (SSSR count). The molecule has 6 nitrogen and oxygen atoms in total. The van der Waals surface area contributed by atoms with Crippen LogP contribution in [0.5, 0.6) is 0 Å². The van der Waals surface area contributed by atoms with Gasteiger partial charge < -0.3 is 20.3 Å². The van der Waals surface area contributed by atoms with Crippen LogP contribution in [-0.4, -0.2) is 47.4 Å². The van der Waals surface area contributed by atoms with Gasteiger partial charge in [-0.25, -0.2) is 0 Å². The number of carbonyl (C=O) groups excluding carboxylic acids is 2. The molecule has 0 saturated heterocycles. The number of nitrogens with one attached hydrogen (secondary N) is 1. The molecular weight excluding hydrogens is 863 g/mol. The van der Waals surface area contributed by atoms with Crippen LogP contribution < -0.4 is 5.32 Å². The first-order valence-corrected chi connectivity index (χ1v) is 31.6. The number of rotatable bonds is 59. The van der Waals surface area contributed by atoms with Crippen molar-refractivity contribution in [1.29, 1.82) is 0 Å². The zero-order chi connectivity index (χ0) is 50.7. The van der Waals surface area contributed by atoms with Crippen LogP contribution in [-0.2, 0) is 14.3 Å². The zero-order valence-corrected chi connectivity index (χ0v) is 47.3. The second kappa shape index (κ2) is 59.9. The molecule has 2 atom stereocenters. The van der Waals surface area contributed by atoms with E-state index in [1.165, 1.54) is 257 Å². The van der Waals surface area contributed by atoms with Crippen molar-refractivity contribution in [2.45, 2.75) is 360 Å². The van der Waals surface area contributed by atoms with E-state index in [4.69, 9.17) is 4.74 Å². The molecule has 1 amide bonds. The second-order valence-electron chi connectivity index (χ2n) is 21.7. The van der Waals surface area contributed by atoms with E-state index in [9.17, 15) is 19.8 Å². The smallest absolute Gasteiger partial charge is 0.305 e. The van der Waals surface area contributed by atoms with Gasteiger partial charge in [0, 0.05) is 12.8 Å². The Labute approximate surface area is 437 Å². The highest BCUT2D eigenvalue weighted by atomic mass is 16.5.